The number of hydrogen-bond donors (Lipinski definition) is 1. The minimum Gasteiger partial charge on any atom is -0.307 e. The van der Waals surface area contributed by atoms with E-state index in [9.17, 15) is 18.5 Å². The van der Waals surface area contributed by atoms with E-state index in [-0.39, 0.29) is 11.6 Å². The van der Waals surface area contributed by atoms with Crippen LogP contribution in [0.25, 0.3) is 5.65 Å². The van der Waals surface area contributed by atoms with Crippen LogP contribution in [0, 0.1) is 10.1 Å². The molecule has 8 nitrogen and oxygen atoms in total. The molecule has 1 aromatic carbocycles. The summed E-state index contributed by atoms with van der Waals surface area (Å²) in [6.07, 6.45) is 3.99. The number of hydrogen-bond acceptors (Lipinski definition) is 5. The number of pyridine rings is 1. The summed E-state index contributed by atoms with van der Waals surface area (Å²) in [6, 6.07) is 8.98. The smallest absolute Gasteiger partial charge is 0.290 e. The SMILES string of the molecule is O=[N+]([O-])c1cc(Cl)ccc1S(=O)(=O)NCCc1cn2ccccc2n1. The maximum atomic E-state index is 12.3. The monoisotopic (exact) mass is 380 g/mol. The van der Waals surface area contributed by atoms with E-state index in [1.54, 1.807) is 6.20 Å². The number of imidazole rings is 1. The van der Waals surface area contributed by atoms with Crippen molar-refractivity contribution in [1.29, 1.82) is 0 Å². The van der Waals surface area contributed by atoms with Crippen LogP contribution >= 0.6 is 11.6 Å². The van der Waals surface area contributed by atoms with Crippen LogP contribution in [0.3, 0.4) is 0 Å². The average molecular weight is 381 g/mol. The van der Waals surface area contributed by atoms with Crippen LogP contribution in [0.2, 0.25) is 5.02 Å². The Morgan fingerprint density at radius 1 is 1.28 bits per heavy atom. The molecule has 2 heterocycles. The molecule has 130 valence electrons. The van der Waals surface area contributed by atoms with Crippen LogP contribution in [0.15, 0.2) is 53.7 Å². The molecule has 0 aliphatic heterocycles. The first-order valence-corrected chi connectivity index (χ1v) is 9.09. The van der Waals surface area contributed by atoms with Gasteiger partial charge >= 0.3 is 0 Å². The Morgan fingerprint density at radius 2 is 2.08 bits per heavy atom. The van der Waals surface area contributed by atoms with Crippen LogP contribution in [-0.4, -0.2) is 29.3 Å². The van der Waals surface area contributed by atoms with Gasteiger partial charge in [0.2, 0.25) is 10.0 Å². The summed E-state index contributed by atoms with van der Waals surface area (Å²) in [7, 11) is -4.04. The number of nitrogens with one attached hydrogen (secondary N) is 1. The number of nitrogens with zero attached hydrogens (tertiary/aromatic N) is 3. The lowest BCUT2D eigenvalue weighted by Gasteiger charge is -2.07. The van der Waals surface area contributed by atoms with Gasteiger partial charge in [0, 0.05) is 36.4 Å². The predicted molar refractivity (Wildman–Crippen MR) is 92.2 cm³/mol. The number of halogens is 1. The van der Waals surface area contributed by atoms with Crippen molar-refractivity contribution >= 4 is 33.0 Å². The standard InChI is InChI=1S/C15H13ClN4O4S/c16-11-4-5-14(13(9-11)20(21)22)25(23,24)17-7-6-12-10-19-8-2-1-3-15(19)18-12/h1-5,8-10,17H,6-7H2. The van der Waals surface area contributed by atoms with Gasteiger partial charge in [0.15, 0.2) is 4.90 Å². The summed E-state index contributed by atoms with van der Waals surface area (Å²) in [5.74, 6) is 0. The van der Waals surface area contributed by atoms with Crippen LogP contribution in [-0.2, 0) is 16.4 Å². The van der Waals surface area contributed by atoms with Gasteiger partial charge < -0.3 is 4.40 Å². The molecular weight excluding hydrogens is 368 g/mol. The molecule has 0 saturated carbocycles. The van der Waals surface area contributed by atoms with Gasteiger partial charge in [-0.25, -0.2) is 18.1 Å². The fourth-order valence-corrected chi connectivity index (χ4v) is 3.71. The van der Waals surface area contributed by atoms with E-state index >= 15 is 0 Å². The van der Waals surface area contributed by atoms with Crippen molar-refractivity contribution in [3.8, 4) is 0 Å². The number of nitro groups is 1. The second-order valence-corrected chi connectivity index (χ2v) is 7.39. The zero-order valence-corrected chi connectivity index (χ0v) is 14.4. The molecule has 0 saturated heterocycles. The highest BCUT2D eigenvalue weighted by atomic mass is 35.5. The molecule has 0 spiro atoms. The quantitative estimate of drug-likeness (QED) is 0.522. The van der Waals surface area contributed by atoms with Gasteiger partial charge in [0.05, 0.1) is 10.6 Å². The average Bonchev–Trinajstić information content (AvgIpc) is 2.97. The minimum atomic E-state index is -4.04. The van der Waals surface area contributed by atoms with Crippen molar-refractivity contribution in [2.45, 2.75) is 11.3 Å². The highest BCUT2D eigenvalue weighted by Crippen LogP contribution is 2.26. The van der Waals surface area contributed by atoms with Crippen molar-refractivity contribution in [3.63, 3.8) is 0 Å². The molecule has 0 fully saturated rings. The normalized spacial score (nSPS) is 11.7. The summed E-state index contributed by atoms with van der Waals surface area (Å²) in [5.41, 5.74) is 0.904. The van der Waals surface area contributed by atoms with E-state index in [0.29, 0.717) is 12.1 Å². The molecule has 1 N–H and O–H groups in total. The van der Waals surface area contributed by atoms with Gasteiger partial charge in [-0.3, -0.25) is 10.1 Å². The van der Waals surface area contributed by atoms with Crippen LogP contribution in [0.4, 0.5) is 5.69 Å². The number of aromatic nitrogens is 2. The second kappa shape index (κ2) is 6.79. The predicted octanol–water partition coefficient (Wildman–Crippen LogP) is 2.42. The first-order chi connectivity index (χ1) is 11.9. The number of nitro benzene ring substituents is 1. The number of fused-ring (bicyclic) bond motifs is 1. The fraction of sp³-hybridized carbons (Fsp3) is 0.133. The van der Waals surface area contributed by atoms with Crippen LogP contribution in [0.1, 0.15) is 5.69 Å². The van der Waals surface area contributed by atoms with E-state index < -0.39 is 25.5 Å². The summed E-state index contributed by atoms with van der Waals surface area (Å²) in [4.78, 5) is 14.2. The fourth-order valence-electron chi connectivity index (χ4n) is 2.36. The third-order valence-corrected chi connectivity index (χ3v) is 5.24. The van der Waals surface area contributed by atoms with Gasteiger partial charge in [-0.05, 0) is 24.3 Å². The highest BCUT2D eigenvalue weighted by Gasteiger charge is 2.25. The Hall–Kier alpha value is -2.49. The zero-order chi connectivity index (χ0) is 18.0. The van der Waals surface area contributed by atoms with Gasteiger partial charge in [-0.2, -0.15) is 0 Å². The van der Waals surface area contributed by atoms with Crippen molar-refractivity contribution in [2.75, 3.05) is 6.54 Å². The molecule has 0 unspecified atom stereocenters. The van der Waals surface area contributed by atoms with Crippen molar-refractivity contribution in [3.05, 3.63) is 69.6 Å². The van der Waals surface area contributed by atoms with Gasteiger partial charge in [0.1, 0.15) is 5.65 Å². The first-order valence-electron chi connectivity index (χ1n) is 7.23. The molecule has 0 atom stereocenters. The Morgan fingerprint density at radius 3 is 2.80 bits per heavy atom. The Labute approximate surface area is 148 Å². The van der Waals surface area contributed by atoms with E-state index in [4.69, 9.17) is 11.6 Å². The number of benzene rings is 1. The lowest BCUT2D eigenvalue weighted by atomic mass is 10.3. The Bertz CT molecular complexity index is 1020. The largest absolute Gasteiger partial charge is 0.307 e. The van der Waals surface area contributed by atoms with Gasteiger partial charge in [-0.15, -0.1) is 0 Å². The molecule has 0 radical (unpaired) electrons. The maximum Gasteiger partial charge on any atom is 0.290 e. The van der Waals surface area contributed by atoms with E-state index in [1.807, 2.05) is 28.8 Å². The summed E-state index contributed by atoms with van der Waals surface area (Å²) in [6.45, 7) is 0.0615. The highest BCUT2D eigenvalue weighted by molar-refractivity contribution is 7.89. The molecule has 10 heteroatoms. The third-order valence-electron chi connectivity index (χ3n) is 3.49. The van der Waals surface area contributed by atoms with Crippen molar-refractivity contribution in [2.24, 2.45) is 0 Å². The summed E-state index contributed by atoms with van der Waals surface area (Å²) >= 11 is 5.70. The minimum absolute atomic E-state index is 0.0615. The van der Waals surface area contributed by atoms with E-state index in [1.165, 1.54) is 6.07 Å². The molecule has 0 aliphatic carbocycles. The van der Waals surface area contributed by atoms with E-state index in [0.717, 1.165) is 17.8 Å². The Balaban J connectivity index is 1.75. The molecule has 0 aliphatic rings. The second-order valence-electron chi connectivity index (χ2n) is 5.22. The Kier molecular flexibility index (Phi) is 4.71. The summed E-state index contributed by atoms with van der Waals surface area (Å²) < 4.78 is 28.9. The zero-order valence-electron chi connectivity index (χ0n) is 12.8. The topological polar surface area (TPSA) is 107 Å². The lowest BCUT2D eigenvalue weighted by molar-refractivity contribution is -0.387. The van der Waals surface area contributed by atoms with E-state index in [2.05, 4.69) is 9.71 Å². The number of rotatable bonds is 6. The molecule has 3 aromatic rings. The number of sulfonamides is 1. The lowest BCUT2D eigenvalue weighted by Crippen LogP contribution is -2.26. The van der Waals surface area contributed by atoms with Crippen molar-refractivity contribution < 1.29 is 13.3 Å². The molecule has 0 amide bonds. The van der Waals surface area contributed by atoms with Crippen LogP contribution in [0.5, 0.6) is 0 Å². The van der Waals surface area contributed by atoms with Crippen LogP contribution < -0.4 is 4.72 Å². The first kappa shape index (κ1) is 17.3. The van der Waals surface area contributed by atoms with Gasteiger partial charge in [0.25, 0.3) is 5.69 Å². The molecular formula is C15H13ClN4O4S. The maximum absolute atomic E-state index is 12.3. The van der Waals surface area contributed by atoms with Crippen molar-refractivity contribution in [1.82, 2.24) is 14.1 Å². The third kappa shape index (κ3) is 3.78. The summed E-state index contributed by atoms with van der Waals surface area (Å²) in [5, 5.41) is 11.2. The molecule has 2 aromatic heterocycles. The molecule has 25 heavy (non-hydrogen) atoms. The van der Waals surface area contributed by atoms with Gasteiger partial charge in [-0.1, -0.05) is 17.7 Å². The molecule has 0 bridgehead atoms. The molecule has 3 rings (SSSR count).